The first-order valence-corrected chi connectivity index (χ1v) is 8.63. The molecule has 1 aliphatic rings. The Morgan fingerprint density at radius 3 is 2.81 bits per heavy atom. The van der Waals surface area contributed by atoms with Crippen LogP contribution in [0.25, 0.3) is 0 Å². The van der Waals surface area contributed by atoms with Gasteiger partial charge in [0.05, 0.1) is 0 Å². The van der Waals surface area contributed by atoms with Crippen LogP contribution in [0.3, 0.4) is 0 Å². The standard InChI is InChI=1S/C18H24N2S/c1-14-5-2-3-6-16(14)12-20-11-15(9-17(19)13-20)10-18-7-4-8-21-18/h2-8,15,17H,9-13,19H2,1H3. The Balaban J connectivity index is 1.64. The lowest BCUT2D eigenvalue weighted by Gasteiger charge is -2.36. The van der Waals surface area contributed by atoms with Crippen LogP contribution in [0.2, 0.25) is 0 Å². The Hall–Kier alpha value is -1.16. The zero-order chi connectivity index (χ0) is 14.7. The maximum atomic E-state index is 6.30. The molecule has 2 N–H and O–H groups in total. The molecule has 0 radical (unpaired) electrons. The molecule has 1 aromatic carbocycles. The normalized spacial score (nSPS) is 23.3. The SMILES string of the molecule is Cc1ccccc1CN1CC(N)CC(Cc2cccs2)C1. The zero-order valence-electron chi connectivity index (χ0n) is 12.7. The summed E-state index contributed by atoms with van der Waals surface area (Å²) in [5.74, 6) is 0.691. The highest BCUT2D eigenvalue weighted by Crippen LogP contribution is 2.24. The van der Waals surface area contributed by atoms with Gasteiger partial charge in [0.1, 0.15) is 0 Å². The third-order valence-electron chi connectivity index (χ3n) is 4.37. The van der Waals surface area contributed by atoms with Crippen molar-refractivity contribution < 1.29 is 0 Å². The molecular formula is C18H24N2S. The molecule has 2 nitrogen and oxygen atoms in total. The first kappa shape index (κ1) is 14.8. The average molecular weight is 300 g/mol. The number of benzene rings is 1. The van der Waals surface area contributed by atoms with Crippen molar-refractivity contribution in [1.82, 2.24) is 4.90 Å². The van der Waals surface area contributed by atoms with E-state index in [-0.39, 0.29) is 0 Å². The lowest BCUT2D eigenvalue weighted by Crippen LogP contribution is -2.47. The van der Waals surface area contributed by atoms with Crippen molar-refractivity contribution in [1.29, 1.82) is 0 Å². The van der Waals surface area contributed by atoms with Gasteiger partial charge in [0.15, 0.2) is 0 Å². The molecule has 0 aliphatic carbocycles. The summed E-state index contributed by atoms with van der Waals surface area (Å²) in [5.41, 5.74) is 9.11. The van der Waals surface area contributed by atoms with Gasteiger partial charge in [-0.25, -0.2) is 0 Å². The molecule has 1 aromatic heterocycles. The van der Waals surface area contributed by atoms with Crippen LogP contribution in [-0.2, 0) is 13.0 Å². The first-order chi connectivity index (χ1) is 10.2. The fraction of sp³-hybridized carbons (Fsp3) is 0.444. The van der Waals surface area contributed by atoms with Gasteiger partial charge in [-0.05, 0) is 48.3 Å². The maximum absolute atomic E-state index is 6.30. The molecule has 2 atom stereocenters. The fourth-order valence-electron chi connectivity index (χ4n) is 3.37. The van der Waals surface area contributed by atoms with E-state index >= 15 is 0 Å². The molecule has 0 bridgehead atoms. The highest BCUT2D eigenvalue weighted by Gasteiger charge is 2.25. The number of thiophene rings is 1. The Kier molecular flexibility index (Phi) is 4.73. The fourth-order valence-corrected chi connectivity index (χ4v) is 4.19. The number of rotatable bonds is 4. The minimum absolute atomic E-state index is 0.313. The number of hydrogen-bond donors (Lipinski definition) is 1. The zero-order valence-corrected chi connectivity index (χ0v) is 13.5. The number of nitrogens with two attached hydrogens (primary N) is 1. The van der Waals surface area contributed by atoms with Gasteiger partial charge in [0, 0.05) is 30.6 Å². The molecule has 0 spiro atoms. The van der Waals surface area contributed by atoms with Gasteiger partial charge < -0.3 is 5.73 Å². The minimum atomic E-state index is 0.313. The molecule has 1 saturated heterocycles. The third kappa shape index (κ3) is 3.94. The van der Waals surface area contributed by atoms with Gasteiger partial charge in [-0.2, -0.15) is 0 Å². The van der Waals surface area contributed by atoms with Gasteiger partial charge in [-0.3, -0.25) is 4.90 Å². The summed E-state index contributed by atoms with van der Waals surface area (Å²) in [6, 6.07) is 13.4. The molecule has 21 heavy (non-hydrogen) atoms. The summed E-state index contributed by atoms with van der Waals surface area (Å²) in [4.78, 5) is 4.03. The number of likely N-dealkylation sites (tertiary alicyclic amines) is 1. The number of aryl methyl sites for hydroxylation is 1. The van der Waals surface area contributed by atoms with Crippen molar-refractivity contribution in [3.8, 4) is 0 Å². The van der Waals surface area contributed by atoms with Crippen LogP contribution in [0.15, 0.2) is 41.8 Å². The molecule has 1 aliphatic heterocycles. The Labute approximate surface area is 131 Å². The monoisotopic (exact) mass is 300 g/mol. The topological polar surface area (TPSA) is 29.3 Å². The van der Waals surface area contributed by atoms with Gasteiger partial charge in [-0.1, -0.05) is 30.3 Å². The molecule has 2 aromatic rings. The molecule has 0 saturated carbocycles. The van der Waals surface area contributed by atoms with Gasteiger partial charge in [0.25, 0.3) is 0 Å². The Morgan fingerprint density at radius 2 is 2.05 bits per heavy atom. The van der Waals surface area contributed by atoms with Crippen molar-refractivity contribution >= 4 is 11.3 Å². The van der Waals surface area contributed by atoms with E-state index in [4.69, 9.17) is 5.73 Å². The van der Waals surface area contributed by atoms with E-state index in [0.717, 1.165) is 19.5 Å². The Bertz CT molecular complexity index is 564. The number of nitrogens with zero attached hydrogens (tertiary/aromatic N) is 1. The van der Waals surface area contributed by atoms with Crippen LogP contribution in [-0.4, -0.2) is 24.0 Å². The predicted octanol–water partition coefficient (Wildman–Crippen LogP) is 3.45. The molecule has 3 rings (SSSR count). The van der Waals surface area contributed by atoms with Crippen molar-refractivity contribution in [2.75, 3.05) is 13.1 Å². The molecule has 2 heterocycles. The van der Waals surface area contributed by atoms with E-state index in [1.807, 2.05) is 11.3 Å². The average Bonchev–Trinajstić information content (AvgIpc) is 2.93. The summed E-state index contributed by atoms with van der Waals surface area (Å²) in [6.07, 6.45) is 2.33. The van der Waals surface area contributed by atoms with Gasteiger partial charge in [-0.15, -0.1) is 11.3 Å². The lowest BCUT2D eigenvalue weighted by atomic mass is 9.91. The van der Waals surface area contributed by atoms with Crippen LogP contribution in [0, 0.1) is 12.8 Å². The molecular weight excluding hydrogens is 276 g/mol. The van der Waals surface area contributed by atoms with Crippen molar-refractivity contribution in [3.05, 3.63) is 57.8 Å². The van der Waals surface area contributed by atoms with Crippen molar-refractivity contribution in [2.45, 2.75) is 32.4 Å². The third-order valence-corrected chi connectivity index (χ3v) is 5.27. The molecule has 0 amide bonds. The van der Waals surface area contributed by atoms with E-state index in [0.29, 0.717) is 12.0 Å². The van der Waals surface area contributed by atoms with Crippen LogP contribution < -0.4 is 5.73 Å². The van der Waals surface area contributed by atoms with E-state index in [1.165, 1.54) is 29.0 Å². The smallest absolute Gasteiger partial charge is 0.0237 e. The highest BCUT2D eigenvalue weighted by atomic mass is 32.1. The van der Waals surface area contributed by atoms with Crippen LogP contribution >= 0.6 is 11.3 Å². The minimum Gasteiger partial charge on any atom is -0.327 e. The van der Waals surface area contributed by atoms with Gasteiger partial charge >= 0.3 is 0 Å². The van der Waals surface area contributed by atoms with Crippen molar-refractivity contribution in [2.24, 2.45) is 11.7 Å². The van der Waals surface area contributed by atoms with Crippen LogP contribution in [0.4, 0.5) is 0 Å². The lowest BCUT2D eigenvalue weighted by molar-refractivity contribution is 0.149. The molecule has 112 valence electrons. The Morgan fingerprint density at radius 1 is 1.19 bits per heavy atom. The second-order valence-corrected chi connectivity index (χ2v) is 7.30. The molecule has 1 fully saturated rings. The summed E-state index contributed by atoms with van der Waals surface area (Å²) in [5, 5.41) is 2.17. The van der Waals surface area contributed by atoms with E-state index in [1.54, 1.807) is 0 Å². The first-order valence-electron chi connectivity index (χ1n) is 7.75. The maximum Gasteiger partial charge on any atom is 0.0237 e. The van der Waals surface area contributed by atoms with Crippen molar-refractivity contribution in [3.63, 3.8) is 0 Å². The number of hydrogen-bond acceptors (Lipinski definition) is 3. The quantitative estimate of drug-likeness (QED) is 0.937. The van der Waals surface area contributed by atoms with E-state index in [2.05, 4.69) is 53.6 Å². The number of piperidine rings is 1. The second kappa shape index (κ2) is 6.73. The second-order valence-electron chi connectivity index (χ2n) is 6.27. The highest BCUT2D eigenvalue weighted by molar-refractivity contribution is 7.09. The van der Waals surface area contributed by atoms with Crippen LogP contribution in [0.1, 0.15) is 22.4 Å². The summed E-state index contributed by atoms with van der Waals surface area (Å²) >= 11 is 1.87. The summed E-state index contributed by atoms with van der Waals surface area (Å²) < 4.78 is 0. The largest absolute Gasteiger partial charge is 0.327 e. The summed E-state index contributed by atoms with van der Waals surface area (Å²) in [7, 11) is 0. The summed E-state index contributed by atoms with van der Waals surface area (Å²) in [6.45, 7) is 5.42. The van der Waals surface area contributed by atoms with Crippen LogP contribution in [0.5, 0.6) is 0 Å². The predicted molar refractivity (Wildman–Crippen MR) is 90.6 cm³/mol. The molecule has 2 unspecified atom stereocenters. The van der Waals surface area contributed by atoms with Gasteiger partial charge in [0.2, 0.25) is 0 Å². The van der Waals surface area contributed by atoms with E-state index in [9.17, 15) is 0 Å². The molecule has 3 heteroatoms. The van der Waals surface area contributed by atoms with E-state index < -0.39 is 0 Å².